The molecule has 0 unspecified atom stereocenters. The topological polar surface area (TPSA) is 70.3 Å². The zero-order valence-corrected chi connectivity index (χ0v) is 8.52. The Bertz CT molecular complexity index is 418. The highest BCUT2D eigenvalue weighted by molar-refractivity contribution is 5.91. The number of nitrogens with zero attached hydrogens (tertiary/aromatic N) is 1. The second kappa shape index (κ2) is 4.47. The SMILES string of the molecule is CC(C)Oc1ccc(C#N)c(C(=O)O)c1. The highest BCUT2D eigenvalue weighted by atomic mass is 16.5. The fourth-order valence-electron chi connectivity index (χ4n) is 1.14. The van der Waals surface area contributed by atoms with Crippen LogP contribution in [-0.2, 0) is 0 Å². The first-order valence-electron chi connectivity index (χ1n) is 4.48. The summed E-state index contributed by atoms with van der Waals surface area (Å²) in [5, 5.41) is 17.5. The summed E-state index contributed by atoms with van der Waals surface area (Å²) in [5.74, 6) is -0.665. The van der Waals surface area contributed by atoms with E-state index < -0.39 is 5.97 Å². The van der Waals surface area contributed by atoms with Gasteiger partial charge in [-0.2, -0.15) is 5.26 Å². The summed E-state index contributed by atoms with van der Waals surface area (Å²) in [6, 6.07) is 6.22. The van der Waals surface area contributed by atoms with E-state index in [0.717, 1.165) is 0 Å². The van der Waals surface area contributed by atoms with Crippen LogP contribution < -0.4 is 4.74 Å². The lowest BCUT2D eigenvalue weighted by atomic mass is 10.1. The van der Waals surface area contributed by atoms with E-state index in [1.807, 2.05) is 19.9 Å². The van der Waals surface area contributed by atoms with Gasteiger partial charge in [0.25, 0.3) is 0 Å². The van der Waals surface area contributed by atoms with Gasteiger partial charge in [0.2, 0.25) is 0 Å². The first-order valence-corrected chi connectivity index (χ1v) is 4.48. The Kier molecular flexibility index (Phi) is 3.29. The third-order valence-electron chi connectivity index (χ3n) is 1.71. The maximum absolute atomic E-state index is 10.8. The van der Waals surface area contributed by atoms with Crippen LogP contribution in [0.2, 0.25) is 0 Å². The van der Waals surface area contributed by atoms with Crippen molar-refractivity contribution in [2.75, 3.05) is 0 Å². The summed E-state index contributed by atoms with van der Waals surface area (Å²) < 4.78 is 5.33. The normalized spacial score (nSPS) is 9.73. The van der Waals surface area contributed by atoms with E-state index in [-0.39, 0.29) is 17.2 Å². The largest absolute Gasteiger partial charge is 0.491 e. The second-order valence-electron chi connectivity index (χ2n) is 3.29. The molecule has 78 valence electrons. The minimum Gasteiger partial charge on any atom is -0.491 e. The van der Waals surface area contributed by atoms with Crippen LogP contribution in [0.3, 0.4) is 0 Å². The lowest BCUT2D eigenvalue weighted by Gasteiger charge is -2.10. The second-order valence-corrected chi connectivity index (χ2v) is 3.29. The average molecular weight is 205 g/mol. The molecule has 0 aliphatic rings. The van der Waals surface area contributed by atoms with Gasteiger partial charge < -0.3 is 9.84 Å². The minimum absolute atomic E-state index is 0.0282. The fraction of sp³-hybridized carbons (Fsp3) is 0.273. The van der Waals surface area contributed by atoms with Crippen molar-refractivity contribution in [3.05, 3.63) is 29.3 Å². The molecule has 0 saturated carbocycles. The van der Waals surface area contributed by atoms with E-state index in [0.29, 0.717) is 5.75 Å². The molecule has 0 bridgehead atoms. The van der Waals surface area contributed by atoms with Crippen LogP contribution >= 0.6 is 0 Å². The van der Waals surface area contributed by atoms with Gasteiger partial charge in [-0.05, 0) is 32.0 Å². The van der Waals surface area contributed by atoms with Crippen molar-refractivity contribution in [1.29, 1.82) is 5.26 Å². The molecule has 1 aromatic carbocycles. The van der Waals surface area contributed by atoms with Gasteiger partial charge in [0.15, 0.2) is 0 Å². The van der Waals surface area contributed by atoms with Gasteiger partial charge in [-0.15, -0.1) is 0 Å². The van der Waals surface area contributed by atoms with Crippen molar-refractivity contribution < 1.29 is 14.6 Å². The van der Waals surface area contributed by atoms with Gasteiger partial charge in [0.1, 0.15) is 11.8 Å². The summed E-state index contributed by atoms with van der Waals surface area (Å²) in [6.07, 6.45) is -0.0282. The van der Waals surface area contributed by atoms with Crippen molar-refractivity contribution >= 4 is 5.97 Å². The number of carboxylic acid groups (broad SMARTS) is 1. The molecule has 0 amide bonds. The monoisotopic (exact) mass is 205 g/mol. The van der Waals surface area contributed by atoms with Crippen LogP contribution in [0.4, 0.5) is 0 Å². The molecule has 0 aliphatic carbocycles. The molecule has 0 aliphatic heterocycles. The van der Waals surface area contributed by atoms with Crippen LogP contribution in [0.1, 0.15) is 29.8 Å². The molecule has 4 nitrogen and oxygen atoms in total. The van der Waals surface area contributed by atoms with E-state index in [9.17, 15) is 4.79 Å². The molecule has 0 fully saturated rings. The first kappa shape index (κ1) is 11.1. The third kappa shape index (κ3) is 2.71. The molecule has 1 aromatic rings. The smallest absolute Gasteiger partial charge is 0.337 e. The van der Waals surface area contributed by atoms with Crippen molar-refractivity contribution in [3.8, 4) is 11.8 Å². The summed E-state index contributed by atoms with van der Waals surface area (Å²) in [5.41, 5.74) is 0.106. The molecule has 4 heteroatoms. The van der Waals surface area contributed by atoms with Gasteiger partial charge >= 0.3 is 5.97 Å². The minimum atomic E-state index is -1.12. The predicted octanol–water partition coefficient (Wildman–Crippen LogP) is 2.04. The average Bonchev–Trinajstić information content (AvgIpc) is 2.16. The zero-order chi connectivity index (χ0) is 11.4. The number of carboxylic acids is 1. The Morgan fingerprint density at radius 2 is 2.20 bits per heavy atom. The van der Waals surface area contributed by atoms with Crippen molar-refractivity contribution in [2.45, 2.75) is 20.0 Å². The Balaban J connectivity index is 3.12. The molecule has 0 aromatic heterocycles. The van der Waals surface area contributed by atoms with Gasteiger partial charge in [0.05, 0.1) is 17.2 Å². The van der Waals surface area contributed by atoms with Gasteiger partial charge in [-0.25, -0.2) is 4.79 Å². The number of nitriles is 1. The number of ether oxygens (including phenoxy) is 1. The molecule has 0 saturated heterocycles. The van der Waals surface area contributed by atoms with E-state index in [1.165, 1.54) is 12.1 Å². The van der Waals surface area contributed by atoms with E-state index in [2.05, 4.69) is 0 Å². The highest BCUT2D eigenvalue weighted by Gasteiger charge is 2.11. The fourth-order valence-corrected chi connectivity index (χ4v) is 1.14. The zero-order valence-electron chi connectivity index (χ0n) is 8.52. The Morgan fingerprint density at radius 3 is 2.67 bits per heavy atom. The van der Waals surface area contributed by atoms with Gasteiger partial charge in [-0.3, -0.25) is 0 Å². The molecule has 1 rings (SSSR count). The molecular formula is C11H11NO3. The molecule has 0 heterocycles. The Hall–Kier alpha value is -2.02. The molecule has 0 atom stereocenters. The van der Waals surface area contributed by atoms with Crippen LogP contribution in [0.25, 0.3) is 0 Å². The van der Waals surface area contributed by atoms with Crippen molar-refractivity contribution in [2.24, 2.45) is 0 Å². The number of aromatic carboxylic acids is 1. The maximum Gasteiger partial charge on any atom is 0.337 e. The van der Waals surface area contributed by atoms with Crippen molar-refractivity contribution in [3.63, 3.8) is 0 Å². The Labute approximate surface area is 87.7 Å². The quantitative estimate of drug-likeness (QED) is 0.819. The number of benzene rings is 1. The molecular weight excluding hydrogens is 194 g/mol. The third-order valence-corrected chi connectivity index (χ3v) is 1.71. The van der Waals surface area contributed by atoms with Gasteiger partial charge in [0, 0.05) is 0 Å². The summed E-state index contributed by atoms with van der Waals surface area (Å²) >= 11 is 0. The van der Waals surface area contributed by atoms with Crippen LogP contribution in [0, 0.1) is 11.3 Å². The molecule has 1 N–H and O–H groups in total. The van der Waals surface area contributed by atoms with Gasteiger partial charge in [-0.1, -0.05) is 0 Å². The number of hydrogen-bond acceptors (Lipinski definition) is 3. The van der Waals surface area contributed by atoms with Crippen LogP contribution in [0.5, 0.6) is 5.75 Å². The van der Waals surface area contributed by atoms with Crippen LogP contribution in [0.15, 0.2) is 18.2 Å². The maximum atomic E-state index is 10.8. The lowest BCUT2D eigenvalue weighted by Crippen LogP contribution is -2.07. The van der Waals surface area contributed by atoms with E-state index >= 15 is 0 Å². The summed E-state index contributed by atoms with van der Waals surface area (Å²) in [6.45, 7) is 3.69. The molecule has 15 heavy (non-hydrogen) atoms. The molecule has 0 radical (unpaired) electrons. The lowest BCUT2D eigenvalue weighted by molar-refractivity contribution is 0.0695. The van der Waals surface area contributed by atoms with E-state index in [1.54, 1.807) is 6.07 Å². The summed E-state index contributed by atoms with van der Waals surface area (Å²) in [7, 11) is 0. The molecule has 0 spiro atoms. The van der Waals surface area contributed by atoms with E-state index in [4.69, 9.17) is 15.1 Å². The predicted molar refractivity (Wildman–Crippen MR) is 53.9 cm³/mol. The Morgan fingerprint density at radius 1 is 1.53 bits per heavy atom. The highest BCUT2D eigenvalue weighted by Crippen LogP contribution is 2.18. The van der Waals surface area contributed by atoms with Crippen molar-refractivity contribution in [1.82, 2.24) is 0 Å². The number of rotatable bonds is 3. The number of hydrogen-bond donors (Lipinski definition) is 1. The number of carbonyl (C=O) groups is 1. The first-order chi connectivity index (χ1) is 7.04. The van der Waals surface area contributed by atoms with Crippen LogP contribution in [-0.4, -0.2) is 17.2 Å². The standard InChI is InChI=1S/C11H11NO3/c1-7(2)15-9-4-3-8(6-12)10(5-9)11(13)14/h3-5,7H,1-2H3,(H,13,14). The summed E-state index contributed by atoms with van der Waals surface area (Å²) in [4.78, 5) is 10.8.